The van der Waals surface area contributed by atoms with Crippen LogP contribution in [0.4, 0.5) is 0 Å². The summed E-state index contributed by atoms with van der Waals surface area (Å²) in [6.45, 7) is 26.5. The molecular weight excluding hydrogens is 412 g/mol. The summed E-state index contributed by atoms with van der Waals surface area (Å²) in [6.07, 6.45) is 16.5. The molecule has 0 saturated heterocycles. The molecule has 4 aliphatic rings. The Morgan fingerprint density at radius 2 is 1.44 bits per heavy atom. The van der Waals surface area contributed by atoms with Gasteiger partial charge in [-0.05, 0) is 97.2 Å². The zero-order valence-electron chi connectivity index (χ0n) is 25.0. The molecule has 4 saturated carbocycles. The molecule has 1 nitrogen and oxygen atoms in total. The van der Waals surface area contributed by atoms with Crippen molar-refractivity contribution < 1.29 is 5.11 Å². The van der Waals surface area contributed by atoms with Gasteiger partial charge in [-0.3, -0.25) is 0 Å². The van der Waals surface area contributed by atoms with Gasteiger partial charge in [-0.15, -0.1) is 13.2 Å². The third kappa shape index (κ3) is 5.98. The maximum absolute atomic E-state index is 11.4. The molecule has 34 heavy (non-hydrogen) atoms. The lowest BCUT2D eigenvalue weighted by atomic mass is 9.43. The topological polar surface area (TPSA) is 20.2 Å². The summed E-state index contributed by atoms with van der Waals surface area (Å²) < 4.78 is 0. The minimum atomic E-state index is -0.0209. The van der Waals surface area contributed by atoms with E-state index in [1.54, 1.807) is 0 Å². The van der Waals surface area contributed by atoms with Gasteiger partial charge in [-0.1, -0.05) is 94.4 Å². The molecule has 3 unspecified atom stereocenters. The van der Waals surface area contributed by atoms with Crippen molar-refractivity contribution in [3.63, 3.8) is 0 Å². The van der Waals surface area contributed by atoms with Crippen molar-refractivity contribution in [1.82, 2.24) is 0 Å². The number of hydrogen-bond acceptors (Lipinski definition) is 1. The zero-order valence-corrected chi connectivity index (χ0v) is 25.0. The minimum Gasteiger partial charge on any atom is -0.393 e. The van der Waals surface area contributed by atoms with Crippen LogP contribution in [0, 0.1) is 52.3 Å². The Bertz CT molecular complexity index is 557. The maximum atomic E-state index is 11.4. The third-order valence-corrected chi connectivity index (χ3v) is 11.0. The number of hydrogen-bond donors (Lipinski definition) is 1. The molecule has 0 heterocycles. The lowest BCUT2D eigenvalue weighted by Gasteiger charge is -2.62. The fourth-order valence-corrected chi connectivity index (χ4v) is 9.41. The lowest BCUT2D eigenvalue weighted by Crippen LogP contribution is -2.58. The van der Waals surface area contributed by atoms with Crippen molar-refractivity contribution in [2.45, 2.75) is 145 Å². The summed E-state index contributed by atoms with van der Waals surface area (Å²) >= 11 is 0. The molecule has 0 aliphatic heterocycles. The van der Waals surface area contributed by atoms with Gasteiger partial charge < -0.3 is 5.11 Å². The summed E-state index contributed by atoms with van der Waals surface area (Å²) in [6, 6.07) is 0. The second kappa shape index (κ2) is 14.4. The summed E-state index contributed by atoms with van der Waals surface area (Å²) in [5, 5.41) is 11.4. The van der Waals surface area contributed by atoms with E-state index in [0.29, 0.717) is 16.7 Å². The first kappa shape index (κ1) is 31.7. The van der Waals surface area contributed by atoms with E-state index in [2.05, 4.69) is 47.8 Å². The number of unbranched alkanes of at least 4 members (excludes halogenated alkanes) is 1. The van der Waals surface area contributed by atoms with Crippen molar-refractivity contribution in [3.8, 4) is 0 Å². The van der Waals surface area contributed by atoms with Crippen molar-refractivity contribution in [2.24, 2.45) is 52.3 Å². The van der Waals surface area contributed by atoms with E-state index in [1.165, 1.54) is 70.6 Å². The molecule has 1 N–H and O–H groups in total. The zero-order chi connectivity index (χ0) is 26.1. The predicted octanol–water partition coefficient (Wildman–Crippen LogP) is 10.3. The Kier molecular flexibility index (Phi) is 13.5. The van der Waals surface area contributed by atoms with Crippen LogP contribution in [0.15, 0.2) is 13.2 Å². The molecular formula is C33H64O. The Hall–Kier alpha value is -0.300. The van der Waals surface area contributed by atoms with E-state index in [4.69, 9.17) is 0 Å². The van der Waals surface area contributed by atoms with Crippen LogP contribution < -0.4 is 0 Å². The van der Waals surface area contributed by atoms with Gasteiger partial charge in [0.2, 0.25) is 0 Å². The van der Waals surface area contributed by atoms with Gasteiger partial charge in [0, 0.05) is 0 Å². The van der Waals surface area contributed by atoms with Crippen LogP contribution in [0.5, 0.6) is 0 Å². The number of aliphatic hydroxyl groups excluding tert-OH is 1. The molecule has 0 aromatic carbocycles. The molecule has 0 aromatic rings. The predicted molar refractivity (Wildman–Crippen MR) is 153 cm³/mol. The summed E-state index contributed by atoms with van der Waals surface area (Å²) in [7, 11) is 0. The molecule has 0 aromatic heterocycles. The van der Waals surface area contributed by atoms with E-state index < -0.39 is 0 Å². The second-order valence-electron chi connectivity index (χ2n) is 12.2. The Labute approximate surface area is 216 Å². The highest BCUT2D eigenvalue weighted by Gasteiger charge is 2.62. The molecule has 0 radical (unpaired) electrons. The summed E-state index contributed by atoms with van der Waals surface area (Å²) in [4.78, 5) is 0. The summed E-state index contributed by atoms with van der Waals surface area (Å²) in [5.74, 6) is 5.67. The van der Waals surface area contributed by atoms with Crippen LogP contribution in [-0.4, -0.2) is 11.2 Å². The third-order valence-electron chi connectivity index (χ3n) is 11.0. The van der Waals surface area contributed by atoms with Crippen LogP contribution in [0.25, 0.3) is 0 Å². The van der Waals surface area contributed by atoms with Crippen LogP contribution in [-0.2, 0) is 0 Å². The Morgan fingerprint density at radius 3 is 2.03 bits per heavy atom. The van der Waals surface area contributed by atoms with Gasteiger partial charge in [0.1, 0.15) is 0 Å². The van der Waals surface area contributed by atoms with E-state index in [0.717, 1.165) is 41.9 Å². The molecule has 0 bridgehead atoms. The van der Waals surface area contributed by atoms with Crippen molar-refractivity contribution in [1.29, 1.82) is 0 Å². The van der Waals surface area contributed by atoms with Gasteiger partial charge in [0.25, 0.3) is 0 Å². The normalized spacial score (nSPS) is 43.2. The summed E-state index contributed by atoms with van der Waals surface area (Å²) in [5.41, 5.74) is 1.02. The van der Waals surface area contributed by atoms with Gasteiger partial charge in [-0.2, -0.15) is 0 Å². The SMILES string of the molecule is C=C.CC.CC.CCCCC(CC)[C@H]1CC[C@H]2[C@@H]3C(CC[C@]12C)[C@@]1(C)CCC(C)C[C@@H]1C[C@@H]3O. The highest BCUT2D eigenvalue weighted by Crippen LogP contribution is 2.68. The standard InChI is InChI=1S/C27H48O.2C2H6.C2H4/c1-6-8-9-19(7-2)21-10-11-22-25-23(13-15-27(21,22)5)26(4)14-12-18(3)16-20(26)17-24(25)28;3*1-2/h18-25,28H,6-17H2,1-5H3;2*1-2H3;1-2H2/t18?,19?,20-,21-,22+,23?,24+,25-,26+,27-;;;/m1.../s1. The van der Waals surface area contributed by atoms with Crippen molar-refractivity contribution in [3.05, 3.63) is 13.2 Å². The molecule has 0 amide bonds. The molecule has 0 spiro atoms. The number of rotatable bonds is 5. The van der Waals surface area contributed by atoms with Gasteiger partial charge in [-0.25, -0.2) is 0 Å². The molecule has 4 aliphatic carbocycles. The molecule has 4 rings (SSSR count). The second-order valence-corrected chi connectivity index (χ2v) is 12.2. The first-order valence-electron chi connectivity index (χ1n) is 15.5. The molecule has 202 valence electrons. The van der Waals surface area contributed by atoms with Crippen LogP contribution >= 0.6 is 0 Å². The smallest absolute Gasteiger partial charge is 0.0577 e. The van der Waals surface area contributed by atoms with Crippen molar-refractivity contribution >= 4 is 0 Å². The Morgan fingerprint density at radius 1 is 0.853 bits per heavy atom. The average Bonchev–Trinajstić information content (AvgIpc) is 3.22. The average molecular weight is 477 g/mol. The molecule has 4 fully saturated rings. The van der Waals surface area contributed by atoms with E-state index in [1.807, 2.05) is 27.7 Å². The lowest BCUT2D eigenvalue weighted by molar-refractivity contribution is -0.169. The largest absolute Gasteiger partial charge is 0.393 e. The first-order chi connectivity index (χ1) is 16.3. The van der Waals surface area contributed by atoms with E-state index in [9.17, 15) is 5.11 Å². The van der Waals surface area contributed by atoms with Crippen molar-refractivity contribution in [2.75, 3.05) is 0 Å². The molecule has 1 heteroatoms. The van der Waals surface area contributed by atoms with Crippen LogP contribution in [0.2, 0.25) is 0 Å². The monoisotopic (exact) mass is 476 g/mol. The molecule has 10 atom stereocenters. The highest BCUT2D eigenvalue weighted by molar-refractivity contribution is 5.11. The maximum Gasteiger partial charge on any atom is 0.0577 e. The van der Waals surface area contributed by atoms with E-state index >= 15 is 0 Å². The van der Waals surface area contributed by atoms with E-state index in [-0.39, 0.29) is 6.10 Å². The quantitative estimate of drug-likeness (QED) is 0.391. The van der Waals surface area contributed by atoms with Crippen LogP contribution in [0.1, 0.15) is 139 Å². The highest BCUT2D eigenvalue weighted by atomic mass is 16.3. The van der Waals surface area contributed by atoms with Crippen LogP contribution in [0.3, 0.4) is 0 Å². The van der Waals surface area contributed by atoms with Gasteiger partial charge >= 0.3 is 0 Å². The first-order valence-corrected chi connectivity index (χ1v) is 15.5. The Balaban J connectivity index is 0.000000894. The minimum absolute atomic E-state index is 0.0209. The van der Waals surface area contributed by atoms with Gasteiger partial charge in [0.05, 0.1) is 6.10 Å². The number of fused-ring (bicyclic) bond motifs is 5. The van der Waals surface area contributed by atoms with Gasteiger partial charge in [0.15, 0.2) is 0 Å². The number of aliphatic hydroxyl groups is 1. The fourth-order valence-electron chi connectivity index (χ4n) is 9.41. The fraction of sp³-hybridized carbons (Fsp3) is 0.939.